The van der Waals surface area contributed by atoms with E-state index in [0.717, 1.165) is 24.9 Å². The highest BCUT2D eigenvalue weighted by Gasteiger charge is 2.28. The first kappa shape index (κ1) is 19.8. The molecule has 6 heteroatoms. The van der Waals surface area contributed by atoms with Gasteiger partial charge >= 0.3 is 0 Å². The Morgan fingerprint density at radius 2 is 2.24 bits per heavy atom. The summed E-state index contributed by atoms with van der Waals surface area (Å²) in [4.78, 5) is 16.6. The van der Waals surface area contributed by atoms with Crippen molar-refractivity contribution in [3.8, 4) is 0 Å². The Morgan fingerprint density at radius 3 is 2.92 bits per heavy atom. The number of likely N-dealkylation sites (tertiary alicyclic amines) is 1. The lowest BCUT2D eigenvalue weighted by Gasteiger charge is -2.33. The van der Waals surface area contributed by atoms with Gasteiger partial charge in [-0.2, -0.15) is 0 Å². The lowest BCUT2D eigenvalue weighted by Crippen LogP contribution is -2.50. The van der Waals surface area contributed by atoms with Crippen molar-refractivity contribution in [2.24, 2.45) is 5.92 Å². The minimum atomic E-state index is -0.949. The maximum atomic E-state index is 13.3. The van der Waals surface area contributed by atoms with Crippen molar-refractivity contribution in [2.75, 3.05) is 40.3 Å². The van der Waals surface area contributed by atoms with E-state index in [1.165, 1.54) is 6.07 Å². The van der Waals surface area contributed by atoms with Crippen LogP contribution < -0.4 is 5.32 Å². The maximum Gasteiger partial charge on any atom is 0.224 e. The van der Waals surface area contributed by atoms with Gasteiger partial charge in [0.05, 0.1) is 11.5 Å². The second-order valence-electron chi connectivity index (χ2n) is 7.66. The zero-order valence-electron chi connectivity index (χ0n) is 15.5. The predicted molar refractivity (Wildman–Crippen MR) is 96.6 cm³/mol. The highest BCUT2D eigenvalue weighted by atomic mass is 19.1. The number of hydrogen-bond acceptors (Lipinski definition) is 4. The summed E-state index contributed by atoms with van der Waals surface area (Å²) in [6.07, 6.45) is 1.79. The summed E-state index contributed by atoms with van der Waals surface area (Å²) in [5.74, 6) is -0.327. The number of amides is 1. The normalized spacial score (nSPS) is 21.1. The molecule has 25 heavy (non-hydrogen) atoms. The van der Waals surface area contributed by atoms with Crippen molar-refractivity contribution < 1.29 is 14.3 Å². The SMILES string of the molecule is CN(C)C[C@](C)(O)CNC(=O)[C@H]1CCCN(Cc2cccc(F)c2)C1. The van der Waals surface area contributed by atoms with Gasteiger partial charge in [-0.15, -0.1) is 0 Å². The summed E-state index contributed by atoms with van der Waals surface area (Å²) in [5.41, 5.74) is -0.0234. The molecule has 0 aliphatic carbocycles. The molecular weight excluding hydrogens is 321 g/mol. The second kappa shape index (κ2) is 8.74. The first-order chi connectivity index (χ1) is 11.7. The molecule has 2 N–H and O–H groups in total. The highest BCUT2D eigenvalue weighted by molar-refractivity contribution is 5.79. The molecule has 5 nitrogen and oxygen atoms in total. The van der Waals surface area contributed by atoms with E-state index in [-0.39, 0.29) is 24.2 Å². The number of aliphatic hydroxyl groups is 1. The standard InChI is InChI=1S/C19H30FN3O2/c1-19(25,14-22(2)3)13-21-18(24)16-7-5-9-23(12-16)11-15-6-4-8-17(20)10-15/h4,6,8,10,16,25H,5,7,9,11-14H2,1-3H3,(H,21,24)/t16-,19+/m0/s1. The van der Waals surface area contributed by atoms with Crippen LogP contribution >= 0.6 is 0 Å². The number of nitrogens with zero attached hydrogens (tertiary/aromatic N) is 2. The third-order valence-electron chi connectivity index (χ3n) is 4.47. The minimum Gasteiger partial charge on any atom is -0.387 e. The van der Waals surface area contributed by atoms with E-state index in [0.29, 0.717) is 19.6 Å². The second-order valence-corrected chi connectivity index (χ2v) is 7.66. The summed E-state index contributed by atoms with van der Waals surface area (Å²) in [6.45, 7) is 4.69. The number of halogens is 1. The summed E-state index contributed by atoms with van der Waals surface area (Å²) >= 11 is 0. The van der Waals surface area contributed by atoms with E-state index in [4.69, 9.17) is 0 Å². The summed E-state index contributed by atoms with van der Waals surface area (Å²) in [5, 5.41) is 13.2. The molecule has 1 heterocycles. The molecule has 1 aromatic carbocycles. The lowest BCUT2D eigenvalue weighted by atomic mass is 9.96. The van der Waals surface area contributed by atoms with Crippen LogP contribution in [0, 0.1) is 11.7 Å². The van der Waals surface area contributed by atoms with Crippen LogP contribution in [0.15, 0.2) is 24.3 Å². The van der Waals surface area contributed by atoms with Gasteiger partial charge in [-0.05, 0) is 58.1 Å². The molecule has 0 bridgehead atoms. The van der Waals surface area contributed by atoms with Crippen molar-refractivity contribution in [3.05, 3.63) is 35.6 Å². The van der Waals surface area contributed by atoms with Gasteiger partial charge in [0.25, 0.3) is 0 Å². The molecular formula is C19H30FN3O2. The molecule has 0 spiro atoms. The fraction of sp³-hybridized carbons (Fsp3) is 0.632. The first-order valence-electron chi connectivity index (χ1n) is 8.87. The molecule has 1 aliphatic heterocycles. The van der Waals surface area contributed by atoms with Crippen LogP contribution in [0.4, 0.5) is 4.39 Å². The molecule has 2 atom stereocenters. The monoisotopic (exact) mass is 351 g/mol. The van der Waals surface area contributed by atoms with Crippen molar-refractivity contribution in [3.63, 3.8) is 0 Å². The predicted octanol–water partition coefficient (Wildman–Crippen LogP) is 1.47. The lowest BCUT2D eigenvalue weighted by molar-refractivity contribution is -0.128. The van der Waals surface area contributed by atoms with Gasteiger partial charge in [-0.1, -0.05) is 12.1 Å². The Labute approximate surface area is 149 Å². The highest BCUT2D eigenvalue weighted by Crippen LogP contribution is 2.19. The third kappa shape index (κ3) is 6.72. The smallest absolute Gasteiger partial charge is 0.224 e. The Morgan fingerprint density at radius 1 is 1.48 bits per heavy atom. The molecule has 0 unspecified atom stereocenters. The van der Waals surface area contributed by atoms with Gasteiger partial charge in [0.2, 0.25) is 5.91 Å². The average molecular weight is 351 g/mol. The van der Waals surface area contributed by atoms with Crippen LogP contribution in [-0.4, -0.2) is 66.7 Å². The largest absolute Gasteiger partial charge is 0.387 e. The van der Waals surface area contributed by atoms with E-state index in [2.05, 4.69) is 10.2 Å². The van der Waals surface area contributed by atoms with Crippen molar-refractivity contribution in [1.29, 1.82) is 0 Å². The summed E-state index contributed by atoms with van der Waals surface area (Å²) < 4.78 is 13.3. The fourth-order valence-electron chi connectivity index (χ4n) is 3.47. The van der Waals surface area contributed by atoms with Crippen LogP contribution in [0.25, 0.3) is 0 Å². The number of hydrogen-bond donors (Lipinski definition) is 2. The maximum absolute atomic E-state index is 13.3. The third-order valence-corrected chi connectivity index (χ3v) is 4.47. The van der Waals surface area contributed by atoms with E-state index >= 15 is 0 Å². The van der Waals surface area contributed by atoms with E-state index in [1.54, 1.807) is 19.1 Å². The van der Waals surface area contributed by atoms with E-state index in [9.17, 15) is 14.3 Å². The van der Waals surface area contributed by atoms with Crippen LogP contribution in [0.2, 0.25) is 0 Å². The number of nitrogens with one attached hydrogen (secondary N) is 1. The fourth-order valence-corrected chi connectivity index (χ4v) is 3.47. The van der Waals surface area contributed by atoms with Crippen molar-refractivity contribution in [2.45, 2.75) is 31.9 Å². The van der Waals surface area contributed by atoms with Gasteiger partial charge < -0.3 is 15.3 Å². The molecule has 0 aromatic heterocycles. The average Bonchev–Trinajstić information content (AvgIpc) is 2.52. The summed E-state index contributed by atoms with van der Waals surface area (Å²) in [6, 6.07) is 6.61. The molecule has 1 saturated heterocycles. The van der Waals surface area contributed by atoms with Gasteiger partial charge in [0.15, 0.2) is 0 Å². The number of benzene rings is 1. The Kier molecular flexibility index (Phi) is 6.93. The van der Waals surface area contributed by atoms with Gasteiger partial charge in [0, 0.05) is 26.2 Å². The molecule has 1 aliphatic rings. The Balaban J connectivity index is 1.84. The topological polar surface area (TPSA) is 55.8 Å². The van der Waals surface area contributed by atoms with Crippen LogP contribution in [-0.2, 0) is 11.3 Å². The number of rotatable bonds is 7. The van der Waals surface area contributed by atoms with Crippen LogP contribution in [0.1, 0.15) is 25.3 Å². The first-order valence-corrected chi connectivity index (χ1v) is 8.87. The molecule has 140 valence electrons. The van der Waals surface area contributed by atoms with Gasteiger partial charge in [-0.3, -0.25) is 9.69 Å². The Bertz CT molecular complexity index is 578. The van der Waals surface area contributed by atoms with E-state index in [1.807, 2.05) is 25.1 Å². The van der Waals surface area contributed by atoms with Gasteiger partial charge in [-0.25, -0.2) is 4.39 Å². The van der Waals surface area contributed by atoms with Crippen LogP contribution in [0.3, 0.4) is 0 Å². The molecule has 1 aromatic rings. The molecule has 0 radical (unpaired) electrons. The summed E-state index contributed by atoms with van der Waals surface area (Å²) in [7, 11) is 3.78. The number of piperidine rings is 1. The molecule has 0 saturated carbocycles. The molecule has 1 fully saturated rings. The van der Waals surface area contributed by atoms with Crippen molar-refractivity contribution >= 4 is 5.91 Å². The number of likely N-dealkylation sites (N-methyl/N-ethyl adjacent to an activating group) is 1. The van der Waals surface area contributed by atoms with Crippen molar-refractivity contribution in [1.82, 2.24) is 15.1 Å². The quantitative estimate of drug-likeness (QED) is 0.781. The molecule has 1 amide bonds. The number of carbonyl (C=O) groups excluding carboxylic acids is 1. The zero-order valence-corrected chi connectivity index (χ0v) is 15.5. The van der Waals surface area contributed by atoms with E-state index < -0.39 is 5.60 Å². The van der Waals surface area contributed by atoms with Gasteiger partial charge in [0.1, 0.15) is 5.82 Å². The Hall–Kier alpha value is -1.50. The number of carbonyl (C=O) groups is 1. The zero-order chi connectivity index (χ0) is 18.4. The van der Waals surface area contributed by atoms with Crippen LogP contribution in [0.5, 0.6) is 0 Å². The molecule has 2 rings (SSSR count). The minimum absolute atomic E-state index is 0.0111.